The standard InChI is InChI=1S/C19H29FN2O5S2/c1-4-7-11-22(15-10-12-28(24,25)14-15)19(23)17-13-16(8-9-18(17)20)29(26,27)21(5-2)6-3/h8-9,13,15H,4-7,10-12,14H2,1-3H3. The molecule has 1 fully saturated rings. The molecule has 1 amide bonds. The van der Waals surface area contributed by atoms with Gasteiger partial charge >= 0.3 is 0 Å². The zero-order chi connectivity index (χ0) is 21.8. The largest absolute Gasteiger partial charge is 0.335 e. The van der Waals surface area contributed by atoms with E-state index in [1.54, 1.807) is 13.8 Å². The molecule has 0 spiro atoms. The molecular formula is C19H29FN2O5S2. The highest BCUT2D eigenvalue weighted by molar-refractivity contribution is 7.91. The van der Waals surface area contributed by atoms with E-state index >= 15 is 0 Å². The Hall–Kier alpha value is -1.52. The molecule has 1 heterocycles. The number of halogens is 1. The van der Waals surface area contributed by atoms with Gasteiger partial charge in [-0.05, 0) is 31.0 Å². The van der Waals surface area contributed by atoms with E-state index in [0.29, 0.717) is 19.4 Å². The molecule has 0 aliphatic carbocycles. The normalized spacial score (nSPS) is 18.9. The summed E-state index contributed by atoms with van der Waals surface area (Å²) >= 11 is 0. The summed E-state index contributed by atoms with van der Waals surface area (Å²) in [5.41, 5.74) is -0.348. The summed E-state index contributed by atoms with van der Waals surface area (Å²) in [5.74, 6) is -1.65. The first kappa shape index (κ1) is 23.8. The van der Waals surface area contributed by atoms with Crippen LogP contribution in [-0.2, 0) is 19.9 Å². The zero-order valence-electron chi connectivity index (χ0n) is 17.1. The van der Waals surface area contributed by atoms with E-state index in [1.807, 2.05) is 6.92 Å². The van der Waals surface area contributed by atoms with Gasteiger partial charge in [0.25, 0.3) is 5.91 Å². The molecule has 7 nitrogen and oxygen atoms in total. The van der Waals surface area contributed by atoms with Gasteiger partial charge in [-0.15, -0.1) is 0 Å². The van der Waals surface area contributed by atoms with Crippen molar-refractivity contribution in [2.45, 2.75) is 51.0 Å². The molecule has 1 saturated heterocycles. The van der Waals surface area contributed by atoms with Gasteiger partial charge in [0.15, 0.2) is 9.84 Å². The van der Waals surface area contributed by atoms with Crippen molar-refractivity contribution in [3.8, 4) is 0 Å². The Morgan fingerprint density at radius 3 is 2.38 bits per heavy atom. The predicted molar refractivity (Wildman–Crippen MR) is 110 cm³/mol. The number of rotatable bonds is 9. The molecule has 0 bridgehead atoms. The second kappa shape index (κ2) is 9.53. The Kier molecular flexibility index (Phi) is 7.80. The average molecular weight is 449 g/mol. The van der Waals surface area contributed by atoms with Crippen LogP contribution in [0.5, 0.6) is 0 Å². The zero-order valence-corrected chi connectivity index (χ0v) is 18.7. The highest BCUT2D eigenvalue weighted by atomic mass is 32.2. The quantitative estimate of drug-likeness (QED) is 0.578. The third-order valence-corrected chi connectivity index (χ3v) is 8.97. The van der Waals surface area contributed by atoms with Crippen LogP contribution in [0.4, 0.5) is 4.39 Å². The van der Waals surface area contributed by atoms with Gasteiger partial charge in [0.1, 0.15) is 5.82 Å². The predicted octanol–water partition coefficient (Wildman–Crippen LogP) is 2.29. The summed E-state index contributed by atoms with van der Waals surface area (Å²) in [6.45, 7) is 6.13. The molecule has 1 aromatic rings. The summed E-state index contributed by atoms with van der Waals surface area (Å²) in [6, 6.07) is 2.66. The molecule has 0 aromatic heterocycles. The second-order valence-electron chi connectivity index (χ2n) is 7.14. The van der Waals surface area contributed by atoms with Gasteiger partial charge in [-0.3, -0.25) is 4.79 Å². The molecule has 29 heavy (non-hydrogen) atoms. The first-order chi connectivity index (χ1) is 13.6. The van der Waals surface area contributed by atoms with Crippen LogP contribution in [-0.4, -0.2) is 69.1 Å². The molecule has 0 N–H and O–H groups in total. The Balaban J connectivity index is 2.43. The topological polar surface area (TPSA) is 91.8 Å². The van der Waals surface area contributed by atoms with E-state index in [-0.39, 0.29) is 35.1 Å². The van der Waals surface area contributed by atoms with Gasteiger partial charge in [0.2, 0.25) is 10.0 Å². The molecule has 164 valence electrons. The molecule has 0 saturated carbocycles. The van der Waals surface area contributed by atoms with Crippen molar-refractivity contribution >= 4 is 25.8 Å². The molecule has 1 aromatic carbocycles. The van der Waals surface area contributed by atoms with Crippen molar-refractivity contribution in [3.05, 3.63) is 29.6 Å². The van der Waals surface area contributed by atoms with E-state index in [2.05, 4.69) is 0 Å². The Morgan fingerprint density at radius 2 is 1.86 bits per heavy atom. The molecule has 2 rings (SSSR count). The Labute approximate surface area is 172 Å². The van der Waals surface area contributed by atoms with Crippen LogP contribution in [0.3, 0.4) is 0 Å². The molecule has 0 radical (unpaired) electrons. The second-order valence-corrected chi connectivity index (χ2v) is 11.3. The van der Waals surface area contributed by atoms with Crippen molar-refractivity contribution in [1.29, 1.82) is 0 Å². The third kappa shape index (κ3) is 5.35. The first-order valence-electron chi connectivity index (χ1n) is 9.88. The van der Waals surface area contributed by atoms with Crippen LogP contribution in [0.2, 0.25) is 0 Å². The van der Waals surface area contributed by atoms with Crippen LogP contribution in [0.1, 0.15) is 50.4 Å². The van der Waals surface area contributed by atoms with Crippen molar-refractivity contribution in [3.63, 3.8) is 0 Å². The van der Waals surface area contributed by atoms with Gasteiger partial charge in [-0.1, -0.05) is 27.2 Å². The number of hydrogen-bond acceptors (Lipinski definition) is 5. The minimum Gasteiger partial charge on any atom is -0.335 e. The molecule has 1 aliphatic rings. The Bertz CT molecular complexity index is 943. The van der Waals surface area contributed by atoms with E-state index < -0.39 is 37.6 Å². The lowest BCUT2D eigenvalue weighted by molar-refractivity contribution is 0.0689. The summed E-state index contributed by atoms with van der Waals surface area (Å²) in [6.07, 6.45) is 1.72. The SMILES string of the molecule is CCCCN(C(=O)c1cc(S(=O)(=O)N(CC)CC)ccc1F)C1CCS(=O)(=O)C1. The lowest BCUT2D eigenvalue weighted by atomic mass is 10.1. The molecule has 1 aliphatic heterocycles. The van der Waals surface area contributed by atoms with E-state index in [9.17, 15) is 26.0 Å². The monoisotopic (exact) mass is 448 g/mol. The Morgan fingerprint density at radius 1 is 1.21 bits per heavy atom. The fraction of sp³-hybridized carbons (Fsp3) is 0.632. The number of carbonyl (C=O) groups excluding carboxylic acids is 1. The maximum atomic E-state index is 14.5. The highest BCUT2D eigenvalue weighted by Gasteiger charge is 2.36. The van der Waals surface area contributed by atoms with Crippen LogP contribution in [0, 0.1) is 5.82 Å². The fourth-order valence-corrected chi connectivity index (χ4v) is 6.71. The molecule has 1 unspecified atom stereocenters. The number of benzene rings is 1. The summed E-state index contributed by atoms with van der Waals surface area (Å²) in [4.78, 5) is 14.4. The summed E-state index contributed by atoms with van der Waals surface area (Å²) in [7, 11) is -7.09. The fourth-order valence-electron chi connectivity index (χ4n) is 3.50. The van der Waals surface area contributed by atoms with Crippen molar-refractivity contribution in [2.75, 3.05) is 31.1 Å². The maximum absolute atomic E-state index is 14.5. The van der Waals surface area contributed by atoms with Crippen molar-refractivity contribution < 1.29 is 26.0 Å². The number of unbranched alkanes of at least 4 members (excludes halogenated alkanes) is 1. The maximum Gasteiger partial charge on any atom is 0.257 e. The minimum atomic E-state index is -3.85. The number of amides is 1. The number of sulfone groups is 1. The van der Waals surface area contributed by atoms with Crippen LogP contribution >= 0.6 is 0 Å². The average Bonchev–Trinajstić information content (AvgIpc) is 3.02. The van der Waals surface area contributed by atoms with Crippen molar-refractivity contribution in [1.82, 2.24) is 9.21 Å². The minimum absolute atomic E-state index is 0.00751. The van der Waals surface area contributed by atoms with Gasteiger partial charge in [0.05, 0.1) is 22.0 Å². The van der Waals surface area contributed by atoms with E-state index in [1.165, 1.54) is 9.21 Å². The lowest BCUT2D eigenvalue weighted by Crippen LogP contribution is -2.42. The van der Waals surface area contributed by atoms with Crippen LogP contribution in [0.25, 0.3) is 0 Å². The lowest BCUT2D eigenvalue weighted by Gasteiger charge is -2.28. The first-order valence-corrected chi connectivity index (χ1v) is 13.1. The van der Waals surface area contributed by atoms with Crippen molar-refractivity contribution in [2.24, 2.45) is 0 Å². The number of nitrogens with zero attached hydrogens (tertiary/aromatic N) is 2. The number of carbonyl (C=O) groups is 1. The summed E-state index contributed by atoms with van der Waals surface area (Å²) in [5, 5.41) is 0. The van der Waals surface area contributed by atoms with Gasteiger partial charge in [-0.2, -0.15) is 4.31 Å². The van der Waals surface area contributed by atoms with Gasteiger partial charge in [0, 0.05) is 25.7 Å². The van der Waals surface area contributed by atoms with Gasteiger partial charge < -0.3 is 4.90 Å². The number of hydrogen-bond donors (Lipinski definition) is 0. The number of sulfonamides is 1. The molecule has 10 heteroatoms. The highest BCUT2D eigenvalue weighted by Crippen LogP contribution is 2.24. The molecule has 1 atom stereocenters. The molecular weight excluding hydrogens is 419 g/mol. The van der Waals surface area contributed by atoms with Crippen LogP contribution < -0.4 is 0 Å². The van der Waals surface area contributed by atoms with E-state index in [4.69, 9.17) is 0 Å². The van der Waals surface area contributed by atoms with Crippen LogP contribution in [0.15, 0.2) is 23.1 Å². The van der Waals surface area contributed by atoms with Gasteiger partial charge in [-0.25, -0.2) is 21.2 Å². The third-order valence-electron chi connectivity index (χ3n) is 5.17. The smallest absolute Gasteiger partial charge is 0.257 e. The summed E-state index contributed by atoms with van der Waals surface area (Å²) < 4.78 is 65.0. The van der Waals surface area contributed by atoms with E-state index in [0.717, 1.165) is 24.6 Å².